The van der Waals surface area contributed by atoms with E-state index in [1.807, 2.05) is 31.7 Å². The third-order valence-electron chi connectivity index (χ3n) is 3.03. The molecule has 0 aromatic heterocycles. The zero-order valence-electron chi connectivity index (χ0n) is 13.0. The molecular weight excluding hydrogens is 272 g/mol. The molecular formula is C16H25ClN2O. The molecule has 0 aliphatic carbocycles. The number of carbonyl (C=O) groups excluding carboxylic acids is 1. The van der Waals surface area contributed by atoms with Crippen LogP contribution in [0.1, 0.15) is 45.0 Å². The van der Waals surface area contributed by atoms with Crippen molar-refractivity contribution in [1.82, 2.24) is 4.90 Å². The van der Waals surface area contributed by atoms with E-state index < -0.39 is 0 Å². The van der Waals surface area contributed by atoms with Gasteiger partial charge in [-0.3, -0.25) is 4.79 Å². The van der Waals surface area contributed by atoms with Crippen molar-refractivity contribution in [1.29, 1.82) is 0 Å². The molecule has 0 spiro atoms. The van der Waals surface area contributed by atoms with Gasteiger partial charge in [0.15, 0.2) is 0 Å². The molecule has 4 heteroatoms. The summed E-state index contributed by atoms with van der Waals surface area (Å²) in [5, 5.41) is 3.81. The van der Waals surface area contributed by atoms with Crippen molar-refractivity contribution in [3.8, 4) is 0 Å². The molecule has 0 fully saturated rings. The first-order valence-corrected chi connectivity index (χ1v) is 7.59. The van der Waals surface area contributed by atoms with E-state index >= 15 is 0 Å². The lowest BCUT2D eigenvalue weighted by molar-refractivity contribution is 0.0683. The van der Waals surface area contributed by atoms with Gasteiger partial charge >= 0.3 is 0 Å². The van der Waals surface area contributed by atoms with Gasteiger partial charge in [0.05, 0.1) is 5.56 Å². The summed E-state index contributed by atoms with van der Waals surface area (Å²) in [7, 11) is 0. The van der Waals surface area contributed by atoms with Gasteiger partial charge in [-0.2, -0.15) is 0 Å². The number of nitrogens with zero attached hydrogens (tertiary/aromatic N) is 1. The van der Waals surface area contributed by atoms with Crippen LogP contribution in [0.5, 0.6) is 0 Å². The SMILES string of the molecule is CCNc1ccc(Cl)cc1C(=O)N(CC(C)C)C(C)C. The van der Waals surface area contributed by atoms with Crippen LogP contribution in [0.2, 0.25) is 5.02 Å². The lowest BCUT2D eigenvalue weighted by Gasteiger charge is -2.29. The largest absolute Gasteiger partial charge is 0.385 e. The molecule has 1 rings (SSSR count). The molecule has 0 saturated carbocycles. The van der Waals surface area contributed by atoms with Gasteiger partial charge in [-0.15, -0.1) is 0 Å². The standard InChI is InChI=1S/C16H25ClN2O/c1-6-18-15-8-7-13(17)9-14(15)16(20)19(12(4)5)10-11(2)3/h7-9,11-12,18H,6,10H2,1-5H3. The molecule has 20 heavy (non-hydrogen) atoms. The van der Waals surface area contributed by atoms with Crippen LogP contribution in [0.4, 0.5) is 5.69 Å². The molecule has 3 nitrogen and oxygen atoms in total. The fourth-order valence-electron chi connectivity index (χ4n) is 2.11. The highest BCUT2D eigenvalue weighted by molar-refractivity contribution is 6.31. The first kappa shape index (κ1) is 16.8. The number of hydrogen-bond acceptors (Lipinski definition) is 2. The lowest BCUT2D eigenvalue weighted by atomic mass is 10.1. The fourth-order valence-corrected chi connectivity index (χ4v) is 2.29. The molecule has 0 aliphatic rings. The molecule has 0 atom stereocenters. The van der Waals surface area contributed by atoms with Crippen molar-refractivity contribution in [2.75, 3.05) is 18.4 Å². The zero-order valence-corrected chi connectivity index (χ0v) is 13.8. The fraction of sp³-hybridized carbons (Fsp3) is 0.562. The minimum atomic E-state index is 0.0344. The summed E-state index contributed by atoms with van der Waals surface area (Å²) in [4.78, 5) is 14.7. The molecule has 1 N–H and O–H groups in total. The van der Waals surface area contributed by atoms with Crippen LogP contribution in [-0.2, 0) is 0 Å². The van der Waals surface area contributed by atoms with Crippen LogP contribution < -0.4 is 5.32 Å². The monoisotopic (exact) mass is 296 g/mol. The second kappa shape index (κ2) is 7.53. The third kappa shape index (κ3) is 4.41. The molecule has 0 radical (unpaired) electrons. The van der Waals surface area contributed by atoms with E-state index in [9.17, 15) is 4.79 Å². The van der Waals surface area contributed by atoms with Gasteiger partial charge < -0.3 is 10.2 Å². The number of amides is 1. The highest BCUT2D eigenvalue weighted by atomic mass is 35.5. The minimum absolute atomic E-state index is 0.0344. The Bertz CT molecular complexity index is 458. The Balaban J connectivity index is 3.13. The first-order chi connectivity index (χ1) is 9.36. The van der Waals surface area contributed by atoms with Gasteiger partial charge in [-0.05, 0) is 44.9 Å². The van der Waals surface area contributed by atoms with Crippen LogP contribution >= 0.6 is 11.6 Å². The zero-order chi connectivity index (χ0) is 15.3. The van der Waals surface area contributed by atoms with Crippen LogP contribution in [-0.4, -0.2) is 29.9 Å². The highest BCUT2D eigenvalue weighted by Gasteiger charge is 2.22. The van der Waals surface area contributed by atoms with Crippen molar-refractivity contribution in [3.63, 3.8) is 0 Å². The number of benzene rings is 1. The van der Waals surface area contributed by atoms with E-state index in [1.54, 1.807) is 12.1 Å². The highest BCUT2D eigenvalue weighted by Crippen LogP contribution is 2.23. The third-order valence-corrected chi connectivity index (χ3v) is 3.26. The Morgan fingerprint density at radius 1 is 1.30 bits per heavy atom. The number of halogens is 1. The Labute approximate surface area is 127 Å². The van der Waals surface area contributed by atoms with Crippen LogP contribution in [0, 0.1) is 5.92 Å². The van der Waals surface area contributed by atoms with Gasteiger partial charge in [0, 0.05) is 29.8 Å². The maximum atomic E-state index is 12.8. The van der Waals surface area contributed by atoms with Crippen molar-refractivity contribution in [3.05, 3.63) is 28.8 Å². The summed E-state index contributed by atoms with van der Waals surface area (Å²) in [6, 6.07) is 5.58. The van der Waals surface area contributed by atoms with Crippen molar-refractivity contribution < 1.29 is 4.79 Å². The topological polar surface area (TPSA) is 32.3 Å². The summed E-state index contributed by atoms with van der Waals surface area (Å²) >= 11 is 6.05. The Kier molecular flexibility index (Phi) is 6.34. The smallest absolute Gasteiger partial charge is 0.256 e. The summed E-state index contributed by atoms with van der Waals surface area (Å²) in [6.45, 7) is 11.8. The van der Waals surface area contributed by atoms with E-state index in [1.165, 1.54) is 0 Å². The number of nitrogens with one attached hydrogen (secondary N) is 1. The van der Waals surface area contributed by atoms with Crippen molar-refractivity contribution in [2.45, 2.75) is 40.7 Å². The lowest BCUT2D eigenvalue weighted by Crippen LogP contribution is -2.39. The second-order valence-corrected chi connectivity index (χ2v) is 6.10. The maximum Gasteiger partial charge on any atom is 0.256 e. The average molecular weight is 297 g/mol. The number of carbonyl (C=O) groups is 1. The summed E-state index contributed by atoms with van der Waals surface area (Å²) < 4.78 is 0. The minimum Gasteiger partial charge on any atom is -0.385 e. The molecule has 1 aromatic carbocycles. The molecule has 0 bridgehead atoms. The normalized spacial score (nSPS) is 11.0. The molecule has 0 heterocycles. The quantitative estimate of drug-likeness (QED) is 0.850. The predicted octanol–water partition coefficient (Wildman–Crippen LogP) is 4.28. The van der Waals surface area contributed by atoms with E-state index in [0.717, 1.165) is 18.8 Å². The maximum absolute atomic E-state index is 12.8. The van der Waals surface area contributed by atoms with Gasteiger partial charge in [-0.1, -0.05) is 25.4 Å². The Hall–Kier alpha value is -1.22. The predicted molar refractivity (Wildman–Crippen MR) is 86.6 cm³/mol. The summed E-state index contributed by atoms with van der Waals surface area (Å²) in [5.41, 5.74) is 1.49. The van der Waals surface area contributed by atoms with Crippen LogP contribution in [0.25, 0.3) is 0 Å². The number of hydrogen-bond donors (Lipinski definition) is 1. The number of anilines is 1. The van der Waals surface area contributed by atoms with E-state index in [4.69, 9.17) is 11.6 Å². The second-order valence-electron chi connectivity index (χ2n) is 5.67. The van der Waals surface area contributed by atoms with Gasteiger partial charge in [-0.25, -0.2) is 0 Å². The summed E-state index contributed by atoms with van der Waals surface area (Å²) in [6.07, 6.45) is 0. The molecule has 1 aromatic rings. The van der Waals surface area contributed by atoms with Gasteiger partial charge in [0.1, 0.15) is 0 Å². The van der Waals surface area contributed by atoms with E-state index in [2.05, 4.69) is 19.2 Å². The average Bonchev–Trinajstić information content (AvgIpc) is 2.37. The van der Waals surface area contributed by atoms with Gasteiger partial charge in [0.2, 0.25) is 0 Å². The Morgan fingerprint density at radius 2 is 1.95 bits per heavy atom. The van der Waals surface area contributed by atoms with E-state index in [-0.39, 0.29) is 11.9 Å². The van der Waals surface area contributed by atoms with Crippen molar-refractivity contribution in [2.24, 2.45) is 5.92 Å². The first-order valence-electron chi connectivity index (χ1n) is 7.21. The van der Waals surface area contributed by atoms with E-state index in [0.29, 0.717) is 16.5 Å². The summed E-state index contributed by atoms with van der Waals surface area (Å²) in [5.74, 6) is 0.468. The molecule has 112 valence electrons. The number of rotatable bonds is 6. The van der Waals surface area contributed by atoms with Crippen LogP contribution in [0.3, 0.4) is 0 Å². The molecule has 0 unspecified atom stereocenters. The van der Waals surface area contributed by atoms with Gasteiger partial charge in [0.25, 0.3) is 5.91 Å². The molecule has 0 aliphatic heterocycles. The Morgan fingerprint density at radius 3 is 2.45 bits per heavy atom. The van der Waals surface area contributed by atoms with Crippen LogP contribution in [0.15, 0.2) is 18.2 Å². The molecule has 1 amide bonds. The molecule has 0 saturated heterocycles. The van der Waals surface area contributed by atoms with Crippen molar-refractivity contribution >= 4 is 23.2 Å².